The number of rotatable bonds is 7. The Bertz CT molecular complexity index is 884. The molecule has 0 bridgehead atoms. The number of hydrogen-bond donors (Lipinski definition) is 2. The second-order valence-electron chi connectivity index (χ2n) is 7.39. The molecule has 1 fully saturated rings. The van der Waals surface area contributed by atoms with Crippen molar-refractivity contribution in [3.63, 3.8) is 0 Å². The zero-order chi connectivity index (χ0) is 21.3. The summed E-state index contributed by atoms with van der Waals surface area (Å²) in [6.07, 6.45) is 0. The van der Waals surface area contributed by atoms with E-state index in [1.807, 2.05) is 60.7 Å². The van der Waals surface area contributed by atoms with Gasteiger partial charge in [0.05, 0.1) is 12.0 Å². The highest BCUT2D eigenvalue weighted by Gasteiger charge is 2.21. The molecule has 0 aliphatic carbocycles. The lowest BCUT2D eigenvalue weighted by molar-refractivity contribution is -0.122. The fraction of sp³-hybridized carbons (Fsp3) is 0.348. The molecule has 0 saturated carbocycles. The maximum absolute atomic E-state index is 12.6. The third-order valence-electron chi connectivity index (χ3n) is 5.32. The van der Waals surface area contributed by atoms with Crippen LogP contribution in [0.15, 0.2) is 54.6 Å². The number of amides is 2. The van der Waals surface area contributed by atoms with Gasteiger partial charge in [0, 0.05) is 44.0 Å². The van der Waals surface area contributed by atoms with E-state index in [0.29, 0.717) is 5.56 Å². The fourth-order valence-electron chi connectivity index (χ4n) is 3.48. The summed E-state index contributed by atoms with van der Waals surface area (Å²) in [7, 11) is 2.12. The van der Waals surface area contributed by atoms with Crippen LogP contribution in [0.5, 0.6) is 0 Å². The van der Waals surface area contributed by atoms with E-state index in [1.54, 1.807) is 0 Å². The Hall–Kier alpha value is -3.37. The second-order valence-corrected chi connectivity index (χ2v) is 7.39. The minimum Gasteiger partial charge on any atom is -0.369 e. The summed E-state index contributed by atoms with van der Waals surface area (Å²) in [5.74, 6) is -1.07. The van der Waals surface area contributed by atoms with Gasteiger partial charge in [-0.25, -0.2) is 0 Å². The van der Waals surface area contributed by atoms with Crippen LogP contribution in [0.3, 0.4) is 0 Å². The van der Waals surface area contributed by atoms with E-state index in [1.165, 1.54) is 0 Å². The third kappa shape index (κ3) is 5.58. The van der Waals surface area contributed by atoms with Crippen LogP contribution >= 0.6 is 0 Å². The maximum atomic E-state index is 12.6. The number of carbonyl (C=O) groups is 2. The monoisotopic (exact) mass is 405 g/mol. The number of nitrogens with zero attached hydrogens (tertiary/aromatic N) is 3. The highest BCUT2D eigenvalue weighted by atomic mass is 16.2. The molecule has 1 atom stereocenters. The largest absolute Gasteiger partial charge is 0.369 e. The van der Waals surface area contributed by atoms with E-state index in [9.17, 15) is 9.59 Å². The van der Waals surface area contributed by atoms with E-state index < -0.39 is 5.92 Å². The summed E-state index contributed by atoms with van der Waals surface area (Å²) in [6.45, 7) is 4.08. The average Bonchev–Trinajstić information content (AvgIpc) is 2.79. The predicted octanol–water partition coefficient (Wildman–Crippen LogP) is 1.59. The standard InChI is InChI=1S/C23H27N5O2/c1-27-13-15-28(16-14-27)20-9-7-19(8-10-20)22(29)26-17-21(23(30)25-12-11-24)18-5-3-2-4-6-18/h2-10,21H,12-17H2,1H3,(H,25,30)(H,26,29). The topological polar surface area (TPSA) is 88.5 Å². The van der Waals surface area contributed by atoms with Crippen molar-refractivity contribution in [2.24, 2.45) is 0 Å². The van der Waals surface area contributed by atoms with Crippen LogP contribution in [-0.2, 0) is 4.79 Å². The van der Waals surface area contributed by atoms with Gasteiger partial charge in [-0.2, -0.15) is 5.26 Å². The molecule has 2 amide bonds. The Morgan fingerprint density at radius 1 is 1.00 bits per heavy atom. The van der Waals surface area contributed by atoms with Gasteiger partial charge in [-0.05, 0) is 36.9 Å². The molecule has 1 unspecified atom stereocenters. The molecule has 156 valence electrons. The van der Waals surface area contributed by atoms with Crippen LogP contribution in [0.4, 0.5) is 5.69 Å². The lowest BCUT2D eigenvalue weighted by atomic mass is 9.98. The summed E-state index contributed by atoms with van der Waals surface area (Å²) >= 11 is 0. The summed E-state index contributed by atoms with van der Waals surface area (Å²) < 4.78 is 0. The molecule has 7 heteroatoms. The fourth-order valence-corrected chi connectivity index (χ4v) is 3.48. The van der Waals surface area contributed by atoms with E-state index >= 15 is 0 Å². The smallest absolute Gasteiger partial charge is 0.251 e. The summed E-state index contributed by atoms with van der Waals surface area (Å²) in [5, 5.41) is 14.2. The van der Waals surface area contributed by atoms with Crippen molar-refractivity contribution < 1.29 is 9.59 Å². The van der Waals surface area contributed by atoms with Gasteiger partial charge in [0.2, 0.25) is 5.91 Å². The molecule has 0 spiro atoms. The van der Waals surface area contributed by atoms with Crippen molar-refractivity contribution in [2.45, 2.75) is 5.92 Å². The first-order chi connectivity index (χ1) is 14.6. The SMILES string of the molecule is CN1CCN(c2ccc(C(=O)NCC(C(=O)NCC#N)c3ccccc3)cc2)CC1. The summed E-state index contributed by atoms with van der Waals surface area (Å²) in [6, 6.07) is 18.7. The first-order valence-corrected chi connectivity index (χ1v) is 10.1. The number of likely N-dealkylation sites (N-methyl/N-ethyl adjacent to an activating group) is 1. The lowest BCUT2D eigenvalue weighted by Crippen LogP contribution is -2.44. The Morgan fingerprint density at radius 2 is 1.67 bits per heavy atom. The van der Waals surface area contributed by atoms with Crippen LogP contribution in [0.1, 0.15) is 21.8 Å². The Balaban J connectivity index is 1.62. The molecule has 1 heterocycles. The lowest BCUT2D eigenvalue weighted by Gasteiger charge is -2.34. The minimum atomic E-state index is -0.562. The van der Waals surface area contributed by atoms with Crippen LogP contribution in [0.2, 0.25) is 0 Å². The van der Waals surface area contributed by atoms with Gasteiger partial charge in [-0.15, -0.1) is 0 Å². The Morgan fingerprint density at radius 3 is 2.30 bits per heavy atom. The number of carbonyl (C=O) groups excluding carboxylic acids is 2. The number of benzene rings is 2. The molecule has 2 N–H and O–H groups in total. The molecule has 1 saturated heterocycles. The van der Waals surface area contributed by atoms with E-state index in [-0.39, 0.29) is 24.9 Å². The molecule has 7 nitrogen and oxygen atoms in total. The van der Waals surface area contributed by atoms with Crippen molar-refractivity contribution in [1.82, 2.24) is 15.5 Å². The number of nitriles is 1. The van der Waals surface area contributed by atoms with Gasteiger partial charge in [0.1, 0.15) is 6.54 Å². The van der Waals surface area contributed by atoms with Crippen LogP contribution < -0.4 is 15.5 Å². The highest BCUT2D eigenvalue weighted by Crippen LogP contribution is 2.18. The van der Waals surface area contributed by atoms with Gasteiger partial charge in [-0.1, -0.05) is 30.3 Å². The summed E-state index contributed by atoms with van der Waals surface area (Å²) in [5.41, 5.74) is 2.45. The predicted molar refractivity (Wildman–Crippen MR) is 116 cm³/mol. The molecule has 1 aliphatic rings. The molecule has 0 aromatic heterocycles. The zero-order valence-corrected chi connectivity index (χ0v) is 17.2. The molecule has 1 aliphatic heterocycles. The number of nitrogens with one attached hydrogen (secondary N) is 2. The molecule has 0 radical (unpaired) electrons. The van der Waals surface area contributed by atoms with E-state index in [4.69, 9.17) is 5.26 Å². The number of anilines is 1. The van der Waals surface area contributed by atoms with E-state index in [0.717, 1.165) is 37.4 Å². The second kappa shape index (κ2) is 10.4. The van der Waals surface area contributed by atoms with Crippen molar-refractivity contribution in [3.8, 4) is 6.07 Å². The van der Waals surface area contributed by atoms with Crippen LogP contribution in [0.25, 0.3) is 0 Å². The molecular weight excluding hydrogens is 378 g/mol. The first kappa shape index (κ1) is 21.3. The maximum Gasteiger partial charge on any atom is 0.251 e. The number of piperazine rings is 1. The van der Waals surface area contributed by atoms with Crippen molar-refractivity contribution in [2.75, 3.05) is 51.2 Å². The Labute approximate surface area is 177 Å². The normalized spacial score (nSPS) is 15.1. The van der Waals surface area contributed by atoms with Crippen LogP contribution in [-0.4, -0.2) is 63.0 Å². The van der Waals surface area contributed by atoms with Gasteiger partial charge in [-0.3, -0.25) is 9.59 Å². The first-order valence-electron chi connectivity index (χ1n) is 10.1. The molecule has 30 heavy (non-hydrogen) atoms. The molecule has 2 aromatic carbocycles. The molecule has 2 aromatic rings. The van der Waals surface area contributed by atoms with Gasteiger partial charge in [0.25, 0.3) is 5.91 Å². The van der Waals surface area contributed by atoms with Gasteiger partial charge in [0.15, 0.2) is 0 Å². The minimum absolute atomic E-state index is 0.0656. The zero-order valence-electron chi connectivity index (χ0n) is 17.2. The van der Waals surface area contributed by atoms with Gasteiger partial charge >= 0.3 is 0 Å². The molecular formula is C23H27N5O2. The highest BCUT2D eigenvalue weighted by molar-refractivity contribution is 5.95. The molecule has 3 rings (SSSR count). The third-order valence-corrected chi connectivity index (χ3v) is 5.32. The Kier molecular flexibility index (Phi) is 7.41. The van der Waals surface area contributed by atoms with Gasteiger partial charge < -0.3 is 20.4 Å². The van der Waals surface area contributed by atoms with Crippen molar-refractivity contribution in [3.05, 3.63) is 65.7 Å². The average molecular weight is 406 g/mol. The quantitative estimate of drug-likeness (QED) is 0.683. The van der Waals surface area contributed by atoms with Crippen LogP contribution in [0, 0.1) is 11.3 Å². The number of hydrogen-bond acceptors (Lipinski definition) is 5. The summed E-state index contributed by atoms with van der Waals surface area (Å²) in [4.78, 5) is 29.7. The van der Waals surface area contributed by atoms with E-state index in [2.05, 4.69) is 27.5 Å². The van der Waals surface area contributed by atoms with Crippen molar-refractivity contribution >= 4 is 17.5 Å². The van der Waals surface area contributed by atoms with Crippen molar-refractivity contribution in [1.29, 1.82) is 5.26 Å².